The molecule has 0 aliphatic carbocycles. The van der Waals surface area contributed by atoms with Crippen LogP contribution in [-0.4, -0.2) is 32.4 Å². The van der Waals surface area contributed by atoms with Gasteiger partial charge in [0.25, 0.3) is 0 Å². The molecule has 6 heteroatoms. The van der Waals surface area contributed by atoms with Crippen molar-refractivity contribution in [1.29, 1.82) is 0 Å². The number of carboxylic acids is 1. The van der Waals surface area contributed by atoms with Crippen molar-refractivity contribution in [2.75, 3.05) is 21.3 Å². The second kappa shape index (κ2) is 7.23. The molecule has 0 aliphatic heterocycles. The van der Waals surface area contributed by atoms with Crippen LogP contribution in [0.5, 0.6) is 17.2 Å². The van der Waals surface area contributed by atoms with E-state index in [1.807, 2.05) is 0 Å². The molecular formula is C13H17BrO5. The normalized spacial score (nSPS) is 10.1. The van der Waals surface area contributed by atoms with Crippen molar-refractivity contribution in [2.24, 2.45) is 0 Å². The van der Waals surface area contributed by atoms with Gasteiger partial charge in [-0.15, -0.1) is 0 Å². The second-order valence-electron chi connectivity index (χ2n) is 3.85. The van der Waals surface area contributed by atoms with Gasteiger partial charge in [-0.05, 0) is 28.8 Å². The predicted molar refractivity (Wildman–Crippen MR) is 74.4 cm³/mol. The van der Waals surface area contributed by atoms with Crippen LogP contribution in [0.1, 0.15) is 18.4 Å². The van der Waals surface area contributed by atoms with Gasteiger partial charge in [-0.1, -0.05) is 0 Å². The first kappa shape index (κ1) is 15.6. The monoisotopic (exact) mass is 332 g/mol. The molecule has 0 saturated carbocycles. The van der Waals surface area contributed by atoms with Crippen LogP contribution in [0.2, 0.25) is 0 Å². The van der Waals surface area contributed by atoms with Gasteiger partial charge in [0.15, 0.2) is 11.5 Å². The van der Waals surface area contributed by atoms with E-state index in [9.17, 15) is 4.79 Å². The second-order valence-corrected chi connectivity index (χ2v) is 4.71. The van der Waals surface area contributed by atoms with Crippen LogP contribution in [-0.2, 0) is 11.2 Å². The third-order valence-electron chi connectivity index (χ3n) is 2.69. The van der Waals surface area contributed by atoms with Gasteiger partial charge >= 0.3 is 5.97 Å². The van der Waals surface area contributed by atoms with Crippen molar-refractivity contribution in [1.82, 2.24) is 0 Å². The largest absolute Gasteiger partial charge is 0.495 e. The van der Waals surface area contributed by atoms with Gasteiger partial charge in [0.1, 0.15) is 5.75 Å². The summed E-state index contributed by atoms with van der Waals surface area (Å²) in [7, 11) is 4.66. The highest BCUT2D eigenvalue weighted by atomic mass is 79.9. The van der Waals surface area contributed by atoms with E-state index < -0.39 is 5.97 Å². The summed E-state index contributed by atoms with van der Waals surface area (Å²) in [5.41, 5.74) is 0.803. The lowest BCUT2D eigenvalue weighted by Gasteiger charge is -2.17. The number of hydrogen-bond acceptors (Lipinski definition) is 4. The van der Waals surface area contributed by atoms with Crippen LogP contribution < -0.4 is 14.2 Å². The fraction of sp³-hybridized carbons (Fsp3) is 0.462. The average Bonchev–Trinajstić information content (AvgIpc) is 2.37. The number of rotatable bonds is 7. The number of methoxy groups -OCH3 is 3. The number of aliphatic carboxylic acids is 1. The molecule has 0 aromatic heterocycles. The Hall–Kier alpha value is -1.43. The molecule has 106 valence electrons. The lowest BCUT2D eigenvalue weighted by Crippen LogP contribution is -2.02. The van der Waals surface area contributed by atoms with Gasteiger partial charge in [0.05, 0.1) is 25.8 Å². The fourth-order valence-electron chi connectivity index (χ4n) is 1.88. The molecule has 1 rings (SSSR count). The van der Waals surface area contributed by atoms with E-state index in [4.69, 9.17) is 19.3 Å². The molecule has 1 N–H and O–H groups in total. The van der Waals surface area contributed by atoms with E-state index >= 15 is 0 Å². The lowest BCUT2D eigenvalue weighted by molar-refractivity contribution is -0.137. The van der Waals surface area contributed by atoms with Crippen molar-refractivity contribution in [3.8, 4) is 17.2 Å². The van der Waals surface area contributed by atoms with Gasteiger partial charge in [0, 0.05) is 18.1 Å². The van der Waals surface area contributed by atoms with Crippen molar-refractivity contribution in [2.45, 2.75) is 19.3 Å². The topological polar surface area (TPSA) is 65.0 Å². The Morgan fingerprint density at radius 1 is 1.21 bits per heavy atom. The van der Waals surface area contributed by atoms with Crippen molar-refractivity contribution < 1.29 is 24.1 Å². The van der Waals surface area contributed by atoms with Crippen molar-refractivity contribution >= 4 is 21.9 Å². The zero-order valence-corrected chi connectivity index (χ0v) is 12.7. The Bertz CT molecular complexity index is 459. The van der Waals surface area contributed by atoms with Crippen molar-refractivity contribution in [3.05, 3.63) is 16.1 Å². The number of halogens is 1. The molecule has 0 spiro atoms. The maximum atomic E-state index is 10.6. The number of benzene rings is 1. The summed E-state index contributed by atoms with van der Waals surface area (Å²) >= 11 is 3.41. The van der Waals surface area contributed by atoms with E-state index in [1.165, 1.54) is 0 Å². The minimum absolute atomic E-state index is 0.0984. The van der Waals surface area contributed by atoms with Crippen LogP contribution >= 0.6 is 15.9 Å². The molecule has 1 aromatic carbocycles. The summed E-state index contributed by atoms with van der Waals surface area (Å²) in [6.45, 7) is 0. The number of carbonyl (C=O) groups is 1. The molecular weight excluding hydrogens is 316 g/mol. The minimum Gasteiger partial charge on any atom is -0.495 e. The molecule has 0 saturated heterocycles. The van der Waals surface area contributed by atoms with Crippen LogP contribution in [0.3, 0.4) is 0 Å². The zero-order valence-electron chi connectivity index (χ0n) is 11.2. The van der Waals surface area contributed by atoms with Gasteiger partial charge in [-0.25, -0.2) is 0 Å². The fourth-order valence-corrected chi connectivity index (χ4v) is 2.49. The molecule has 0 bridgehead atoms. The van der Waals surface area contributed by atoms with Crippen LogP contribution in [0.25, 0.3) is 0 Å². The van der Waals surface area contributed by atoms with E-state index in [2.05, 4.69) is 15.9 Å². The average molecular weight is 333 g/mol. The quantitative estimate of drug-likeness (QED) is 0.831. The minimum atomic E-state index is -0.820. The predicted octanol–water partition coefficient (Wildman–Crippen LogP) is 2.88. The number of carboxylic acid groups (broad SMARTS) is 1. The first-order chi connectivity index (χ1) is 9.04. The number of hydrogen-bond donors (Lipinski definition) is 1. The van der Waals surface area contributed by atoms with Gasteiger partial charge in [0.2, 0.25) is 0 Å². The smallest absolute Gasteiger partial charge is 0.303 e. The van der Waals surface area contributed by atoms with Crippen LogP contribution in [0, 0.1) is 0 Å². The van der Waals surface area contributed by atoms with E-state index in [0.717, 1.165) is 10.0 Å². The molecule has 0 fully saturated rings. The maximum absolute atomic E-state index is 10.6. The Kier molecular flexibility index (Phi) is 5.95. The van der Waals surface area contributed by atoms with Crippen LogP contribution in [0.15, 0.2) is 10.5 Å². The highest BCUT2D eigenvalue weighted by Crippen LogP contribution is 2.43. The third kappa shape index (κ3) is 3.76. The Morgan fingerprint density at radius 3 is 2.32 bits per heavy atom. The molecule has 0 aliphatic rings. The van der Waals surface area contributed by atoms with E-state index in [1.54, 1.807) is 27.4 Å². The molecule has 0 radical (unpaired) electrons. The number of ether oxygens (including phenoxy) is 3. The van der Waals surface area contributed by atoms with Gasteiger partial charge in [-0.3, -0.25) is 4.79 Å². The SMILES string of the molecule is COc1cc(Br)c(OC)c(CCCC(=O)O)c1OC. The van der Waals surface area contributed by atoms with Gasteiger partial charge in [-0.2, -0.15) is 0 Å². The molecule has 0 amide bonds. The van der Waals surface area contributed by atoms with E-state index in [-0.39, 0.29) is 6.42 Å². The van der Waals surface area contributed by atoms with Crippen LogP contribution in [0.4, 0.5) is 0 Å². The Morgan fingerprint density at radius 2 is 1.84 bits per heavy atom. The highest BCUT2D eigenvalue weighted by molar-refractivity contribution is 9.10. The molecule has 5 nitrogen and oxygen atoms in total. The summed E-state index contributed by atoms with van der Waals surface area (Å²) in [4.78, 5) is 10.6. The molecule has 0 atom stereocenters. The summed E-state index contributed by atoms with van der Waals surface area (Å²) in [6.07, 6.45) is 1.14. The molecule has 19 heavy (non-hydrogen) atoms. The maximum Gasteiger partial charge on any atom is 0.303 e. The molecule has 1 aromatic rings. The summed E-state index contributed by atoms with van der Waals surface area (Å²) in [5.74, 6) is 0.983. The van der Waals surface area contributed by atoms with Gasteiger partial charge < -0.3 is 19.3 Å². The third-order valence-corrected chi connectivity index (χ3v) is 3.28. The Labute approximate surface area is 120 Å². The molecule has 0 unspecified atom stereocenters. The zero-order chi connectivity index (χ0) is 14.4. The summed E-state index contributed by atoms with van der Waals surface area (Å²) in [6, 6.07) is 1.76. The van der Waals surface area contributed by atoms with Crippen molar-refractivity contribution in [3.63, 3.8) is 0 Å². The first-order valence-corrected chi connectivity index (χ1v) is 6.53. The Balaban J connectivity index is 3.15. The molecule has 0 heterocycles. The summed E-state index contributed by atoms with van der Waals surface area (Å²) < 4.78 is 16.7. The first-order valence-electron chi connectivity index (χ1n) is 5.74. The highest BCUT2D eigenvalue weighted by Gasteiger charge is 2.19. The lowest BCUT2D eigenvalue weighted by atomic mass is 10.0. The standard InChI is InChI=1S/C13H17BrO5/c1-17-10-7-9(14)12(18-2)8(13(10)19-3)5-4-6-11(15)16/h7H,4-6H2,1-3H3,(H,15,16). The summed E-state index contributed by atoms with van der Waals surface area (Å²) in [5, 5.41) is 8.70. The van der Waals surface area contributed by atoms with E-state index in [0.29, 0.717) is 30.1 Å².